The van der Waals surface area contributed by atoms with E-state index in [9.17, 15) is 4.79 Å². The van der Waals surface area contributed by atoms with Crippen molar-refractivity contribution in [2.45, 2.75) is 31.7 Å². The van der Waals surface area contributed by atoms with Gasteiger partial charge in [-0.25, -0.2) is 0 Å². The van der Waals surface area contributed by atoms with Gasteiger partial charge in [0.25, 0.3) is 0 Å². The zero-order valence-electron chi connectivity index (χ0n) is 10.4. The van der Waals surface area contributed by atoms with Crippen LogP contribution in [0.4, 0.5) is 0 Å². The molecule has 1 saturated carbocycles. The summed E-state index contributed by atoms with van der Waals surface area (Å²) in [4.78, 5) is 11.8. The van der Waals surface area contributed by atoms with E-state index in [2.05, 4.69) is 5.32 Å². The Bertz CT molecular complexity index is 401. The summed E-state index contributed by atoms with van der Waals surface area (Å²) in [5.74, 6) is 0.696. The number of hydrogen-bond donors (Lipinski definition) is 2. The first-order valence-electron chi connectivity index (χ1n) is 6.43. The molecular formula is C14H19ClN2O. The normalized spacial score (nSPS) is 16.3. The molecule has 1 amide bonds. The quantitative estimate of drug-likeness (QED) is 0.829. The Morgan fingerprint density at radius 2 is 2.06 bits per heavy atom. The van der Waals surface area contributed by atoms with Crippen LogP contribution in [0, 0.1) is 5.92 Å². The summed E-state index contributed by atoms with van der Waals surface area (Å²) in [6.07, 6.45) is 3.63. The third kappa shape index (κ3) is 4.00. The highest BCUT2D eigenvalue weighted by molar-refractivity contribution is 6.30. The molecule has 0 spiro atoms. The number of benzene rings is 1. The van der Waals surface area contributed by atoms with Gasteiger partial charge in [0, 0.05) is 24.0 Å². The van der Waals surface area contributed by atoms with Crippen molar-refractivity contribution in [1.29, 1.82) is 0 Å². The fourth-order valence-electron chi connectivity index (χ4n) is 2.06. The van der Waals surface area contributed by atoms with E-state index in [1.54, 1.807) is 0 Å². The van der Waals surface area contributed by atoms with Gasteiger partial charge in [-0.2, -0.15) is 0 Å². The van der Waals surface area contributed by atoms with Crippen molar-refractivity contribution >= 4 is 17.5 Å². The Labute approximate surface area is 113 Å². The van der Waals surface area contributed by atoms with Gasteiger partial charge in [-0.3, -0.25) is 4.79 Å². The van der Waals surface area contributed by atoms with Crippen LogP contribution in [-0.4, -0.2) is 18.5 Å². The van der Waals surface area contributed by atoms with Gasteiger partial charge in [0.1, 0.15) is 0 Å². The van der Waals surface area contributed by atoms with E-state index in [1.807, 2.05) is 24.3 Å². The van der Waals surface area contributed by atoms with Crippen molar-refractivity contribution in [3.8, 4) is 0 Å². The number of carbonyl (C=O) groups excluding carboxylic acids is 1. The Kier molecular flexibility index (Phi) is 4.61. The maximum absolute atomic E-state index is 11.8. The van der Waals surface area contributed by atoms with Gasteiger partial charge in [0.05, 0.1) is 0 Å². The second-order valence-electron chi connectivity index (χ2n) is 4.87. The molecule has 1 atom stereocenters. The molecule has 1 fully saturated rings. The van der Waals surface area contributed by atoms with Crippen LogP contribution in [0.15, 0.2) is 24.3 Å². The van der Waals surface area contributed by atoms with Crippen molar-refractivity contribution < 1.29 is 4.79 Å². The van der Waals surface area contributed by atoms with E-state index < -0.39 is 0 Å². The van der Waals surface area contributed by atoms with E-state index in [0.29, 0.717) is 18.9 Å². The predicted octanol–water partition coefficient (Wildman–Crippen LogP) is 2.13. The molecule has 1 aromatic rings. The van der Waals surface area contributed by atoms with E-state index >= 15 is 0 Å². The average molecular weight is 267 g/mol. The average Bonchev–Trinajstić information content (AvgIpc) is 3.19. The standard InChI is InChI=1S/C14H19ClN2O/c15-12-6-1-10(2-7-12)3-8-14(18)17-13(9-16)11-4-5-11/h1-2,6-7,11,13H,3-5,8-9,16H2,(H,17,18). The molecule has 1 unspecified atom stereocenters. The number of rotatable bonds is 6. The van der Waals surface area contributed by atoms with Gasteiger partial charge in [0.15, 0.2) is 0 Å². The lowest BCUT2D eigenvalue weighted by atomic mass is 10.1. The number of nitrogens with two attached hydrogens (primary N) is 1. The maximum Gasteiger partial charge on any atom is 0.220 e. The van der Waals surface area contributed by atoms with Crippen LogP contribution < -0.4 is 11.1 Å². The van der Waals surface area contributed by atoms with E-state index in [-0.39, 0.29) is 11.9 Å². The summed E-state index contributed by atoms with van der Waals surface area (Å²) in [5, 5.41) is 3.74. The molecule has 0 saturated heterocycles. The fourth-order valence-corrected chi connectivity index (χ4v) is 2.18. The minimum Gasteiger partial charge on any atom is -0.352 e. The van der Waals surface area contributed by atoms with Crippen LogP contribution in [0.2, 0.25) is 5.02 Å². The first kappa shape index (κ1) is 13.4. The number of halogens is 1. The lowest BCUT2D eigenvalue weighted by Crippen LogP contribution is -2.41. The SMILES string of the molecule is NCC(NC(=O)CCc1ccc(Cl)cc1)C1CC1. The van der Waals surface area contributed by atoms with Gasteiger partial charge in [-0.05, 0) is 42.9 Å². The van der Waals surface area contributed by atoms with Gasteiger partial charge in [-0.1, -0.05) is 23.7 Å². The molecule has 0 radical (unpaired) electrons. The van der Waals surface area contributed by atoms with Gasteiger partial charge >= 0.3 is 0 Å². The number of amides is 1. The summed E-state index contributed by atoms with van der Waals surface area (Å²) >= 11 is 5.81. The molecule has 0 heterocycles. The molecule has 1 aliphatic carbocycles. The van der Waals surface area contributed by atoms with Crippen LogP contribution in [0.3, 0.4) is 0 Å². The molecule has 18 heavy (non-hydrogen) atoms. The van der Waals surface area contributed by atoms with Crippen LogP contribution in [-0.2, 0) is 11.2 Å². The van der Waals surface area contributed by atoms with Crippen molar-refractivity contribution in [1.82, 2.24) is 5.32 Å². The molecule has 98 valence electrons. The Morgan fingerprint density at radius 3 is 2.61 bits per heavy atom. The smallest absolute Gasteiger partial charge is 0.220 e. The maximum atomic E-state index is 11.8. The number of carbonyl (C=O) groups is 1. The third-order valence-electron chi connectivity index (χ3n) is 3.35. The second-order valence-corrected chi connectivity index (χ2v) is 5.31. The Hall–Kier alpha value is -1.06. The monoisotopic (exact) mass is 266 g/mol. The molecule has 1 aliphatic rings. The van der Waals surface area contributed by atoms with Crippen LogP contribution >= 0.6 is 11.6 Å². The van der Waals surface area contributed by atoms with E-state index in [4.69, 9.17) is 17.3 Å². The first-order chi connectivity index (χ1) is 8.69. The highest BCUT2D eigenvalue weighted by atomic mass is 35.5. The zero-order chi connectivity index (χ0) is 13.0. The molecule has 0 aliphatic heterocycles. The number of hydrogen-bond acceptors (Lipinski definition) is 2. The topological polar surface area (TPSA) is 55.1 Å². The molecule has 0 aromatic heterocycles. The predicted molar refractivity (Wildman–Crippen MR) is 73.5 cm³/mol. The Balaban J connectivity index is 1.75. The molecule has 4 heteroatoms. The van der Waals surface area contributed by atoms with Gasteiger partial charge in [-0.15, -0.1) is 0 Å². The van der Waals surface area contributed by atoms with Crippen molar-refractivity contribution in [3.05, 3.63) is 34.9 Å². The minimum absolute atomic E-state index is 0.0901. The lowest BCUT2D eigenvalue weighted by molar-refractivity contribution is -0.121. The number of aryl methyl sites for hydroxylation is 1. The summed E-state index contributed by atoms with van der Waals surface area (Å²) in [7, 11) is 0. The number of nitrogens with one attached hydrogen (secondary N) is 1. The fraction of sp³-hybridized carbons (Fsp3) is 0.500. The summed E-state index contributed by atoms with van der Waals surface area (Å²) in [6, 6.07) is 7.78. The Morgan fingerprint density at radius 1 is 1.39 bits per heavy atom. The summed E-state index contributed by atoms with van der Waals surface area (Å²) in [5.41, 5.74) is 6.79. The van der Waals surface area contributed by atoms with E-state index in [0.717, 1.165) is 17.0 Å². The summed E-state index contributed by atoms with van der Waals surface area (Å²) < 4.78 is 0. The zero-order valence-corrected chi connectivity index (χ0v) is 11.1. The molecule has 3 N–H and O–H groups in total. The highest BCUT2D eigenvalue weighted by Gasteiger charge is 2.30. The van der Waals surface area contributed by atoms with E-state index in [1.165, 1.54) is 12.8 Å². The third-order valence-corrected chi connectivity index (χ3v) is 3.60. The van der Waals surface area contributed by atoms with Crippen molar-refractivity contribution in [2.75, 3.05) is 6.54 Å². The second kappa shape index (κ2) is 6.21. The highest BCUT2D eigenvalue weighted by Crippen LogP contribution is 2.32. The molecule has 1 aromatic carbocycles. The molecule has 0 bridgehead atoms. The van der Waals surface area contributed by atoms with Crippen molar-refractivity contribution in [2.24, 2.45) is 11.7 Å². The lowest BCUT2D eigenvalue weighted by Gasteiger charge is -2.15. The molecule has 2 rings (SSSR count). The van der Waals surface area contributed by atoms with Crippen molar-refractivity contribution in [3.63, 3.8) is 0 Å². The van der Waals surface area contributed by atoms with Crippen LogP contribution in [0.1, 0.15) is 24.8 Å². The van der Waals surface area contributed by atoms with Gasteiger partial charge < -0.3 is 11.1 Å². The van der Waals surface area contributed by atoms with Gasteiger partial charge in [0.2, 0.25) is 5.91 Å². The minimum atomic E-state index is 0.0901. The largest absolute Gasteiger partial charge is 0.352 e. The molecule has 3 nitrogen and oxygen atoms in total. The van der Waals surface area contributed by atoms with Crippen LogP contribution in [0.25, 0.3) is 0 Å². The van der Waals surface area contributed by atoms with Crippen LogP contribution in [0.5, 0.6) is 0 Å². The first-order valence-corrected chi connectivity index (χ1v) is 6.80. The summed E-state index contributed by atoms with van der Waals surface area (Å²) in [6.45, 7) is 0.539. The molecular weight excluding hydrogens is 248 g/mol.